The van der Waals surface area contributed by atoms with E-state index in [4.69, 9.17) is 16.3 Å². The predicted molar refractivity (Wildman–Crippen MR) is 51.3 cm³/mol. The van der Waals surface area contributed by atoms with Crippen LogP contribution < -0.4 is 0 Å². The Kier molecular flexibility index (Phi) is 3.70. The summed E-state index contributed by atoms with van der Waals surface area (Å²) in [6, 6.07) is 4.91. The molecule has 0 unspecified atom stereocenters. The molecule has 0 heterocycles. The van der Waals surface area contributed by atoms with Crippen LogP contribution in [-0.2, 0) is 11.3 Å². The fourth-order valence-electron chi connectivity index (χ4n) is 0.916. The van der Waals surface area contributed by atoms with Crippen LogP contribution in [0.25, 0.3) is 0 Å². The molecule has 1 nitrogen and oxygen atoms in total. The summed E-state index contributed by atoms with van der Waals surface area (Å²) in [7, 11) is 0. The SMILES string of the molecule is CC(C)OCc1cccc(Cl)c1F. The van der Waals surface area contributed by atoms with Crippen LogP contribution in [0.5, 0.6) is 0 Å². The molecule has 0 spiro atoms. The molecule has 1 aromatic carbocycles. The van der Waals surface area contributed by atoms with Crippen molar-refractivity contribution in [3.8, 4) is 0 Å². The minimum Gasteiger partial charge on any atom is -0.374 e. The monoisotopic (exact) mass is 202 g/mol. The predicted octanol–water partition coefficient (Wildman–Crippen LogP) is 3.40. The van der Waals surface area contributed by atoms with Crippen molar-refractivity contribution >= 4 is 11.6 Å². The standard InChI is InChI=1S/C10H12ClFO/c1-7(2)13-6-8-4-3-5-9(11)10(8)12/h3-5,7H,6H2,1-2H3. The normalized spacial score (nSPS) is 10.8. The Balaban J connectivity index is 2.71. The lowest BCUT2D eigenvalue weighted by Crippen LogP contribution is -2.03. The smallest absolute Gasteiger partial charge is 0.147 e. The Hall–Kier alpha value is -0.600. The second kappa shape index (κ2) is 4.58. The van der Waals surface area contributed by atoms with E-state index in [0.29, 0.717) is 5.56 Å². The highest BCUT2D eigenvalue weighted by atomic mass is 35.5. The van der Waals surface area contributed by atoms with Crippen molar-refractivity contribution < 1.29 is 9.13 Å². The summed E-state index contributed by atoms with van der Waals surface area (Å²) in [5.74, 6) is -0.384. The van der Waals surface area contributed by atoms with Crippen LogP contribution in [0.4, 0.5) is 4.39 Å². The quantitative estimate of drug-likeness (QED) is 0.730. The van der Waals surface area contributed by atoms with Gasteiger partial charge in [-0.05, 0) is 19.9 Å². The van der Waals surface area contributed by atoms with Gasteiger partial charge in [-0.3, -0.25) is 0 Å². The van der Waals surface area contributed by atoms with E-state index in [0.717, 1.165) is 0 Å². The summed E-state index contributed by atoms with van der Waals surface area (Å²) < 4.78 is 18.5. The van der Waals surface area contributed by atoms with Gasteiger partial charge in [0.15, 0.2) is 0 Å². The van der Waals surface area contributed by atoms with Crippen LogP contribution in [0.2, 0.25) is 5.02 Å². The molecule has 0 amide bonds. The molecule has 0 bridgehead atoms. The van der Waals surface area contributed by atoms with Gasteiger partial charge < -0.3 is 4.74 Å². The number of benzene rings is 1. The van der Waals surface area contributed by atoms with Gasteiger partial charge >= 0.3 is 0 Å². The Morgan fingerprint density at radius 1 is 1.46 bits per heavy atom. The van der Waals surface area contributed by atoms with Gasteiger partial charge in [0.2, 0.25) is 0 Å². The third kappa shape index (κ3) is 2.98. The molecule has 0 aliphatic carbocycles. The molecule has 1 aromatic rings. The van der Waals surface area contributed by atoms with E-state index in [1.54, 1.807) is 12.1 Å². The molecular formula is C10H12ClFO. The second-order valence-electron chi connectivity index (χ2n) is 3.07. The van der Waals surface area contributed by atoms with E-state index in [-0.39, 0.29) is 23.6 Å². The Bertz CT molecular complexity index is 286. The van der Waals surface area contributed by atoms with Crippen molar-refractivity contribution in [3.63, 3.8) is 0 Å². The average Bonchev–Trinajstić information content (AvgIpc) is 2.07. The zero-order valence-corrected chi connectivity index (χ0v) is 8.44. The van der Waals surface area contributed by atoms with E-state index in [9.17, 15) is 4.39 Å². The summed E-state index contributed by atoms with van der Waals surface area (Å²) in [4.78, 5) is 0. The van der Waals surface area contributed by atoms with Gasteiger partial charge in [0.1, 0.15) is 5.82 Å². The van der Waals surface area contributed by atoms with E-state index < -0.39 is 0 Å². The fraction of sp³-hybridized carbons (Fsp3) is 0.400. The van der Waals surface area contributed by atoms with Gasteiger partial charge in [-0.1, -0.05) is 23.7 Å². The molecular weight excluding hydrogens is 191 g/mol. The van der Waals surface area contributed by atoms with Gasteiger partial charge in [0, 0.05) is 5.56 Å². The zero-order valence-electron chi connectivity index (χ0n) is 7.68. The number of ether oxygens (including phenoxy) is 1. The molecule has 13 heavy (non-hydrogen) atoms. The van der Waals surface area contributed by atoms with Gasteiger partial charge in [-0.2, -0.15) is 0 Å². The summed E-state index contributed by atoms with van der Waals surface area (Å²) in [6.07, 6.45) is 0.0957. The molecule has 0 fully saturated rings. The molecule has 0 N–H and O–H groups in total. The molecule has 0 saturated carbocycles. The minimum atomic E-state index is -0.384. The minimum absolute atomic E-state index is 0.0957. The van der Waals surface area contributed by atoms with Crippen molar-refractivity contribution in [3.05, 3.63) is 34.6 Å². The molecule has 0 radical (unpaired) electrons. The molecule has 72 valence electrons. The fourth-order valence-corrected chi connectivity index (χ4v) is 1.11. The largest absolute Gasteiger partial charge is 0.374 e. The molecule has 0 aliphatic heterocycles. The van der Waals surface area contributed by atoms with Crippen LogP contribution in [0, 0.1) is 5.82 Å². The topological polar surface area (TPSA) is 9.23 Å². The first-order valence-corrected chi connectivity index (χ1v) is 4.53. The number of halogens is 2. The average molecular weight is 203 g/mol. The number of hydrogen-bond acceptors (Lipinski definition) is 1. The van der Waals surface area contributed by atoms with Crippen molar-refractivity contribution in [1.82, 2.24) is 0 Å². The van der Waals surface area contributed by atoms with Crippen LogP contribution in [0.15, 0.2) is 18.2 Å². The van der Waals surface area contributed by atoms with Crippen molar-refractivity contribution in [2.75, 3.05) is 0 Å². The number of hydrogen-bond donors (Lipinski definition) is 0. The van der Waals surface area contributed by atoms with E-state index in [2.05, 4.69) is 0 Å². The zero-order chi connectivity index (χ0) is 9.84. The first-order chi connectivity index (χ1) is 6.11. The van der Waals surface area contributed by atoms with E-state index in [1.165, 1.54) is 6.07 Å². The molecule has 0 aromatic heterocycles. The van der Waals surface area contributed by atoms with Gasteiger partial charge in [0.05, 0.1) is 17.7 Å². The molecule has 3 heteroatoms. The Labute approximate surface area is 82.5 Å². The van der Waals surface area contributed by atoms with Crippen LogP contribution in [-0.4, -0.2) is 6.10 Å². The lowest BCUT2D eigenvalue weighted by Gasteiger charge is -2.08. The summed E-state index contributed by atoms with van der Waals surface area (Å²) >= 11 is 5.60. The van der Waals surface area contributed by atoms with Gasteiger partial charge in [0.25, 0.3) is 0 Å². The Morgan fingerprint density at radius 3 is 2.77 bits per heavy atom. The van der Waals surface area contributed by atoms with E-state index >= 15 is 0 Å². The first-order valence-electron chi connectivity index (χ1n) is 4.15. The van der Waals surface area contributed by atoms with Crippen molar-refractivity contribution in [2.24, 2.45) is 0 Å². The summed E-state index contributed by atoms with van der Waals surface area (Å²) in [5.41, 5.74) is 0.501. The van der Waals surface area contributed by atoms with Crippen molar-refractivity contribution in [1.29, 1.82) is 0 Å². The van der Waals surface area contributed by atoms with E-state index in [1.807, 2.05) is 13.8 Å². The third-order valence-electron chi connectivity index (χ3n) is 1.60. The first kappa shape index (κ1) is 10.5. The maximum atomic E-state index is 13.2. The number of rotatable bonds is 3. The highest BCUT2D eigenvalue weighted by Crippen LogP contribution is 2.18. The third-order valence-corrected chi connectivity index (χ3v) is 1.90. The summed E-state index contributed by atoms with van der Waals surface area (Å²) in [5, 5.41) is 0.143. The summed E-state index contributed by atoms with van der Waals surface area (Å²) in [6.45, 7) is 4.08. The Morgan fingerprint density at radius 2 is 2.15 bits per heavy atom. The molecule has 1 rings (SSSR count). The maximum Gasteiger partial charge on any atom is 0.147 e. The molecule has 0 atom stereocenters. The second-order valence-corrected chi connectivity index (χ2v) is 3.48. The highest BCUT2D eigenvalue weighted by Gasteiger charge is 2.06. The van der Waals surface area contributed by atoms with Crippen LogP contribution in [0.1, 0.15) is 19.4 Å². The highest BCUT2D eigenvalue weighted by molar-refractivity contribution is 6.30. The van der Waals surface area contributed by atoms with Crippen LogP contribution >= 0.6 is 11.6 Å². The molecule has 0 saturated heterocycles. The van der Waals surface area contributed by atoms with Gasteiger partial charge in [-0.15, -0.1) is 0 Å². The lowest BCUT2D eigenvalue weighted by molar-refractivity contribution is 0.0639. The van der Waals surface area contributed by atoms with Gasteiger partial charge in [-0.25, -0.2) is 4.39 Å². The molecule has 0 aliphatic rings. The van der Waals surface area contributed by atoms with Crippen molar-refractivity contribution in [2.45, 2.75) is 26.6 Å². The maximum absolute atomic E-state index is 13.2. The van der Waals surface area contributed by atoms with Crippen LogP contribution in [0.3, 0.4) is 0 Å². The lowest BCUT2D eigenvalue weighted by atomic mass is 10.2.